The molecule has 0 radical (unpaired) electrons. The second-order valence-electron chi connectivity index (χ2n) is 4.62. The maximum absolute atomic E-state index is 5.77. The van der Waals surface area contributed by atoms with E-state index in [-0.39, 0.29) is 5.41 Å². The van der Waals surface area contributed by atoms with Crippen molar-refractivity contribution in [3.05, 3.63) is 10.3 Å². The Hall–Kier alpha value is -0.700. The smallest absolute Gasteiger partial charge is 0.175 e. The predicted molar refractivity (Wildman–Crippen MR) is 67.9 cm³/mol. The zero-order valence-electron chi connectivity index (χ0n) is 10.3. The third-order valence-electron chi connectivity index (χ3n) is 3.43. The molecule has 1 aliphatic rings. The summed E-state index contributed by atoms with van der Waals surface area (Å²) in [7, 11) is 0. The van der Waals surface area contributed by atoms with Gasteiger partial charge in [-0.1, -0.05) is 27.2 Å². The van der Waals surface area contributed by atoms with Crippen LogP contribution in [0.1, 0.15) is 44.9 Å². The van der Waals surface area contributed by atoms with E-state index in [4.69, 9.17) is 9.47 Å². The van der Waals surface area contributed by atoms with Gasteiger partial charge in [0.15, 0.2) is 11.5 Å². The number of ether oxygens (including phenoxy) is 2. The lowest BCUT2D eigenvalue weighted by Crippen LogP contribution is -2.22. The maximum atomic E-state index is 5.77. The molecule has 0 aromatic carbocycles. The summed E-state index contributed by atoms with van der Waals surface area (Å²) in [6.45, 7) is 8.19. The van der Waals surface area contributed by atoms with Gasteiger partial charge in [-0.3, -0.25) is 0 Å². The Morgan fingerprint density at radius 1 is 1.31 bits per heavy atom. The molecule has 2 rings (SSSR count). The van der Waals surface area contributed by atoms with Crippen molar-refractivity contribution in [1.29, 1.82) is 0 Å². The van der Waals surface area contributed by atoms with E-state index in [0.717, 1.165) is 17.9 Å². The molecule has 2 heterocycles. The van der Waals surface area contributed by atoms with Gasteiger partial charge in [0.05, 0.1) is 4.88 Å². The van der Waals surface area contributed by atoms with Gasteiger partial charge >= 0.3 is 0 Å². The molecule has 3 heteroatoms. The van der Waals surface area contributed by atoms with E-state index in [2.05, 4.69) is 26.2 Å². The highest BCUT2D eigenvalue weighted by atomic mass is 32.1. The van der Waals surface area contributed by atoms with Crippen LogP contribution in [0.2, 0.25) is 0 Å². The van der Waals surface area contributed by atoms with Crippen molar-refractivity contribution >= 4 is 11.3 Å². The molecule has 16 heavy (non-hydrogen) atoms. The fraction of sp³-hybridized carbons (Fsp3) is 0.692. The number of hydrogen-bond donors (Lipinski definition) is 0. The lowest BCUT2D eigenvalue weighted by molar-refractivity contribution is 0.169. The first kappa shape index (κ1) is 11.8. The lowest BCUT2D eigenvalue weighted by Gasteiger charge is -2.29. The van der Waals surface area contributed by atoms with Gasteiger partial charge in [0.25, 0.3) is 0 Å². The molecule has 1 atom stereocenters. The summed E-state index contributed by atoms with van der Waals surface area (Å²) in [6, 6.07) is 0. The SMILES string of the molecule is CCCC(C)(CC)c1scc2c1OCCO2. The third kappa shape index (κ3) is 1.93. The summed E-state index contributed by atoms with van der Waals surface area (Å²) in [5.41, 5.74) is 0.244. The zero-order valence-corrected chi connectivity index (χ0v) is 11.2. The average molecular weight is 240 g/mol. The molecule has 0 amide bonds. The molecule has 2 nitrogen and oxygen atoms in total. The van der Waals surface area contributed by atoms with Crippen molar-refractivity contribution < 1.29 is 9.47 Å². The highest BCUT2D eigenvalue weighted by molar-refractivity contribution is 7.10. The first-order chi connectivity index (χ1) is 7.71. The second-order valence-corrected chi connectivity index (χ2v) is 5.50. The number of thiophene rings is 1. The Kier molecular flexibility index (Phi) is 3.43. The molecule has 0 aliphatic carbocycles. The van der Waals surface area contributed by atoms with E-state index in [1.807, 2.05) is 0 Å². The molecule has 1 aliphatic heterocycles. The minimum atomic E-state index is 0.244. The van der Waals surface area contributed by atoms with E-state index in [0.29, 0.717) is 13.2 Å². The molecule has 1 aromatic rings. The van der Waals surface area contributed by atoms with Gasteiger partial charge in [-0.2, -0.15) is 0 Å². The molecular formula is C13H20O2S. The van der Waals surface area contributed by atoms with Crippen LogP contribution < -0.4 is 9.47 Å². The van der Waals surface area contributed by atoms with Gasteiger partial charge in [-0.15, -0.1) is 11.3 Å². The van der Waals surface area contributed by atoms with Crippen LogP contribution in [0.4, 0.5) is 0 Å². The van der Waals surface area contributed by atoms with E-state index in [1.165, 1.54) is 17.7 Å². The minimum absolute atomic E-state index is 0.244. The Labute approximate surface area is 102 Å². The zero-order chi connectivity index (χ0) is 11.6. The second kappa shape index (κ2) is 4.66. The highest BCUT2D eigenvalue weighted by Crippen LogP contribution is 2.48. The maximum Gasteiger partial charge on any atom is 0.175 e. The summed E-state index contributed by atoms with van der Waals surface area (Å²) in [5.74, 6) is 1.95. The van der Waals surface area contributed by atoms with Crippen molar-refractivity contribution in [2.75, 3.05) is 13.2 Å². The van der Waals surface area contributed by atoms with Crippen molar-refractivity contribution in [2.24, 2.45) is 0 Å². The number of hydrogen-bond acceptors (Lipinski definition) is 3. The molecule has 0 saturated heterocycles. The Morgan fingerprint density at radius 3 is 2.75 bits per heavy atom. The van der Waals surface area contributed by atoms with Crippen molar-refractivity contribution in [3.63, 3.8) is 0 Å². The van der Waals surface area contributed by atoms with Gasteiger partial charge in [-0.05, 0) is 12.8 Å². The summed E-state index contributed by atoms with van der Waals surface area (Å²) >= 11 is 1.79. The lowest BCUT2D eigenvalue weighted by atomic mass is 9.81. The van der Waals surface area contributed by atoms with Crippen LogP contribution in [-0.2, 0) is 5.41 Å². The molecule has 0 bridgehead atoms. The van der Waals surface area contributed by atoms with E-state index >= 15 is 0 Å². The van der Waals surface area contributed by atoms with E-state index < -0.39 is 0 Å². The average Bonchev–Trinajstić information content (AvgIpc) is 2.73. The van der Waals surface area contributed by atoms with Crippen LogP contribution in [0.3, 0.4) is 0 Å². The van der Waals surface area contributed by atoms with Gasteiger partial charge in [0, 0.05) is 10.8 Å². The quantitative estimate of drug-likeness (QED) is 0.792. The third-order valence-corrected chi connectivity index (χ3v) is 4.68. The first-order valence-electron chi connectivity index (χ1n) is 6.09. The highest BCUT2D eigenvalue weighted by Gasteiger charge is 2.32. The van der Waals surface area contributed by atoms with Crippen LogP contribution in [0.5, 0.6) is 11.5 Å². The standard InChI is InChI=1S/C13H20O2S/c1-4-6-13(3,5-2)12-11-10(9-16-12)14-7-8-15-11/h9H,4-8H2,1-3H3. The Balaban J connectivity index is 2.34. The van der Waals surface area contributed by atoms with Crippen molar-refractivity contribution in [2.45, 2.75) is 45.4 Å². The number of fused-ring (bicyclic) bond motifs is 1. The largest absolute Gasteiger partial charge is 0.485 e. The summed E-state index contributed by atoms with van der Waals surface area (Å²) in [5, 5.41) is 2.09. The van der Waals surface area contributed by atoms with Crippen LogP contribution in [-0.4, -0.2) is 13.2 Å². The van der Waals surface area contributed by atoms with Gasteiger partial charge in [0.2, 0.25) is 0 Å². The molecule has 1 aromatic heterocycles. The van der Waals surface area contributed by atoms with Crippen molar-refractivity contribution in [3.8, 4) is 11.5 Å². The summed E-state index contributed by atoms with van der Waals surface area (Å²) in [6.07, 6.45) is 3.56. The fourth-order valence-electron chi connectivity index (χ4n) is 2.28. The van der Waals surface area contributed by atoms with Gasteiger partial charge < -0.3 is 9.47 Å². The summed E-state index contributed by atoms with van der Waals surface area (Å²) < 4.78 is 11.4. The van der Waals surface area contributed by atoms with Crippen LogP contribution in [0, 0.1) is 0 Å². The molecule has 90 valence electrons. The molecular weight excluding hydrogens is 220 g/mol. The number of rotatable bonds is 4. The predicted octanol–water partition coefficient (Wildman–Crippen LogP) is 3.99. The van der Waals surface area contributed by atoms with Gasteiger partial charge in [0.1, 0.15) is 13.2 Å². The first-order valence-corrected chi connectivity index (χ1v) is 6.97. The molecule has 0 saturated carbocycles. The topological polar surface area (TPSA) is 18.5 Å². The minimum Gasteiger partial charge on any atom is -0.485 e. The summed E-state index contributed by atoms with van der Waals surface area (Å²) in [4.78, 5) is 1.37. The van der Waals surface area contributed by atoms with Crippen molar-refractivity contribution in [1.82, 2.24) is 0 Å². The van der Waals surface area contributed by atoms with E-state index in [1.54, 1.807) is 11.3 Å². The molecule has 0 fully saturated rings. The van der Waals surface area contributed by atoms with Gasteiger partial charge in [-0.25, -0.2) is 0 Å². The molecule has 0 N–H and O–H groups in total. The molecule has 0 spiro atoms. The monoisotopic (exact) mass is 240 g/mol. The van der Waals surface area contributed by atoms with Crippen LogP contribution >= 0.6 is 11.3 Å². The normalized spacial score (nSPS) is 18.2. The molecule has 1 unspecified atom stereocenters. The van der Waals surface area contributed by atoms with Crippen LogP contribution in [0.25, 0.3) is 0 Å². The van der Waals surface area contributed by atoms with Crippen LogP contribution in [0.15, 0.2) is 5.38 Å². The Morgan fingerprint density at radius 2 is 2.06 bits per heavy atom. The fourth-order valence-corrected chi connectivity index (χ4v) is 3.48. The Bertz CT molecular complexity index is 359. The van der Waals surface area contributed by atoms with E-state index in [9.17, 15) is 0 Å².